The number of thiol groups is 1. The summed E-state index contributed by atoms with van der Waals surface area (Å²) in [7, 11) is 0. The van der Waals surface area contributed by atoms with Gasteiger partial charge in [-0.2, -0.15) is 12.6 Å². The van der Waals surface area contributed by atoms with Crippen LogP contribution in [-0.4, -0.2) is 18.1 Å². The summed E-state index contributed by atoms with van der Waals surface area (Å²) >= 11 is 4.21. The summed E-state index contributed by atoms with van der Waals surface area (Å²) < 4.78 is 0. The van der Waals surface area contributed by atoms with E-state index in [2.05, 4.69) is 31.5 Å². The average Bonchev–Trinajstić information content (AvgIpc) is 2.21. The Hall–Kier alpha value is -0.180. The predicted octanol–water partition coefficient (Wildman–Crippen LogP) is 3.27. The second-order valence-corrected chi connectivity index (χ2v) is 8.41. The Kier molecular flexibility index (Phi) is 2.79. The number of hydrogen-bond donors (Lipinski definition) is 2. The van der Waals surface area contributed by atoms with Crippen molar-refractivity contribution < 1.29 is 0 Å². The zero-order valence-corrected chi connectivity index (χ0v) is 12.6. The lowest BCUT2D eigenvalue weighted by molar-refractivity contribution is -0.140. The average molecular weight is 266 g/mol. The van der Waals surface area contributed by atoms with Gasteiger partial charge in [-0.1, -0.05) is 13.8 Å². The molecule has 3 heteroatoms. The molecule has 4 saturated carbocycles. The molecule has 2 nitrogen and oxygen atoms in total. The Bertz CT molecular complexity index is 372. The lowest BCUT2D eigenvalue weighted by Gasteiger charge is -2.65. The van der Waals surface area contributed by atoms with Crippen molar-refractivity contribution in [3.05, 3.63) is 0 Å². The van der Waals surface area contributed by atoms with Crippen LogP contribution in [0.1, 0.15) is 52.4 Å². The highest BCUT2D eigenvalue weighted by atomic mass is 32.1. The van der Waals surface area contributed by atoms with Gasteiger partial charge in [0.25, 0.3) is 0 Å². The summed E-state index contributed by atoms with van der Waals surface area (Å²) in [6.07, 6.45) is 8.47. The summed E-state index contributed by atoms with van der Waals surface area (Å²) in [6, 6.07) is 0. The summed E-state index contributed by atoms with van der Waals surface area (Å²) in [5.74, 6) is 2.25. The van der Waals surface area contributed by atoms with Gasteiger partial charge in [0, 0.05) is 12.3 Å². The van der Waals surface area contributed by atoms with E-state index in [0.29, 0.717) is 27.8 Å². The molecule has 2 N–H and O–H groups in total. The molecule has 102 valence electrons. The van der Waals surface area contributed by atoms with Gasteiger partial charge in [-0.3, -0.25) is 4.99 Å². The fourth-order valence-electron chi connectivity index (χ4n) is 6.18. The Labute approximate surface area is 116 Å². The molecule has 2 atom stereocenters. The van der Waals surface area contributed by atoms with E-state index in [4.69, 9.17) is 5.73 Å². The minimum Gasteiger partial charge on any atom is -0.387 e. The molecular formula is C15H26N2S. The Morgan fingerprint density at radius 3 is 2.28 bits per heavy atom. The second-order valence-electron chi connectivity index (χ2n) is 8.10. The van der Waals surface area contributed by atoms with Crippen molar-refractivity contribution in [2.75, 3.05) is 12.3 Å². The minimum absolute atomic E-state index is 0.455. The molecule has 0 aromatic heterocycles. The molecule has 4 rings (SSSR count). The van der Waals surface area contributed by atoms with Gasteiger partial charge in [0.05, 0.1) is 0 Å². The quantitative estimate of drug-likeness (QED) is 0.459. The maximum Gasteiger partial charge on any atom is 0.103 e. The van der Waals surface area contributed by atoms with E-state index in [1.165, 1.54) is 38.5 Å². The van der Waals surface area contributed by atoms with Crippen molar-refractivity contribution in [3.63, 3.8) is 0 Å². The molecule has 0 aliphatic heterocycles. The van der Waals surface area contributed by atoms with Crippen LogP contribution < -0.4 is 5.73 Å². The zero-order valence-electron chi connectivity index (χ0n) is 11.7. The van der Waals surface area contributed by atoms with E-state index in [1.54, 1.807) is 0 Å². The molecule has 0 heterocycles. The molecule has 4 aliphatic carbocycles. The van der Waals surface area contributed by atoms with Crippen molar-refractivity contribution in [2.24, 2.45) is 32.9 Å². The number of nitrogens with two attached hydrogens (primary N) is 1. The van der Waals surface area contributed by atoms with Gasteiger partial charge >= 0.3 is 0 Å². The summed E-state index contributed by atoms with van der Waals surface area (Å²) in [4.78, 5) is 4.61. The van der Waals surface area contributed by atoms with Crippen LogP contribution in [0.25, 0.3) is 0 Å². The molecule has 0 saturated heterocycles. The molecule has 0 radical (unpaired) electrons. The van der Waals surface area contributed by atoms with E-state index in [1.807, 2.05) is 0 Å². The smallest absolute Gasteiger partial charge is 0.103 e. The van der Waals surface area contributed by atoms with Crippen molar-refractivity contribution in [1.29, 1.82) is 0 Å². The molecule has 4 fully saturated rings. The third-order valence-corrected chi connectivity index (χ3v) is 5.85. The highest BCUT2D eigenvalue weighted by Gasteiger charge is 2.59. The normalized spacial score (nSPS) is 50.8. The monoisotopic (exact) mass is 266 g/mol. The molecule has 4 bridgehead atoms. The topological polar surface area (TPSA) is 38.4 Å². The lowest BCUT2D eigenvalue weighted by Crippen LogP contribution is -2.56. The Morgan fingerprint density at radius 1 is 1.17 bits per heavy atom. The van der Waals surface area contributed by atoms with Crippen LogP contribution in [0.5, 0.6) is 0 Å². The summed E-state index contributed by atoms with van der Waals surface area (Å²) in [5, 5.41) is 0. The molecule has 0 aromatic carbocycles. The second kappa shape index (κ2) is 3.91. The standard InChI is InChI=1S/C15H26N2S/c1-13-3-11-4-14(2,7-13)9-15(5-11,8-13)10-17-12(16)6-18/h11,18H,3-10H2,1-2H3,(H2,16,17)/t11?,13-,14-,15?/m0/s1. The molecule has 0 amide bonds. The van der Waals surface area contributed by atoms with E-state index >= 15 is 0 Å². The van der Waals surface area contributed by atoms with Gasteiger partial charge in [0.15, 0.2) is 0 Å². The molecule has 18 heavy (non-hydrogen) atoms. The van der Waals surface area contributed by atoms with Gasteiger partial charge in [-0.05, 0) is 60.7 Å². The summed E-state index contributed by atoms with van der Waals surface area (Å²) in [6.45, 7) is 5.97. The van der Waals surface area contributed by atoms with Crippen LogP contribution in [0.4, 0.5) is 0 Å². The first-order valence-corrected chi connectivity index (χ1v) is 7.89. The molecule has 0 unspecified atom stereocenters. The molecular weight excluding hydrogens is 240 g/mol. The largest absolute Gasteiger partial charge is 0.387 e. The summed E-state index contributed by atoms with van der Waals surface area (Å²) in [5.41, 5.74) is 7.46. The molecule has 0 aromatic rings. The first-order valence-electron chi connectivity index (χ1n) is 7.26. The van der Waals surface area contributed by atoms with Crippen molar-refractivity contribution >= 4 is 18.5 Å². The van der Waals surface area contributed by atoms with E-state index in [0.717, 1.165) is 12.5 Å². The van der Waals surface area contributed by atoms with Gasteiger partial charge in [-0.25, -0.2) is 0 Å². The van der Waals surface area contributed by atoms with Crippen molar-refractivity contribution in [2.45, 2.75) is 52.4 Å². The maximum atomic E-state index is 5.84. The third kappa shape index (κ3) is 2.09. The van der Waals surface area contributed by atoms with Gasteiger partial charge in [-0.15, -0.1) is 0 Å². The number of hydrogen-bond acceptors (Lipinski definition) is 2. The minimum atomic E-state index is 0.455. The lowest BCUT2D eigenvalue weighted by atomic mass is 9.40. The van der Waals surface area contributed by atoms with Crippen molar-refractivity contribution in [1.82, 2.24) is 0 Å². The van der Waals surface area contributed by atoms with Crippen LogP contribution in [-0.2, 0) is 0 Å². The fourth-order valence-corrected chi connectivity index (χ4v) is 6.28. The van der Waals surface area contributed by atoms with Crippen LogP contribution >= 0.6 is 12.6 Å². The SMILES string of the molecule is C[C@@]12CC3CC(CN=C(N)CS)(C1)C[C@@](C)(C3)C2. The van der Waals surface area contributed by atoms with Gasteiger partial charge in [0.2, 0.25) is 0 Å². The highest BCUT2D eigenvalue weighted by Crippen LogP contribution is 2.69. The van der Waals surface area contributed by atoms with Crippen LogP contribution in [0.2, 0.25) is 0 Å². The van der Waals surface area contributed by atoms with Crippen LogP contribution in [0.15, 0.2) is 4.99 Å². The van der Waals surface area contributed by atoms with Gasteiger partial charge < -0.3 is 5.73 Å². The Balaban J connectivity index is 1.85. The fraction of sp³-hybridized carbons (Fsp3) is 0.933. The van der Waals surface area contributed by atoms with E-state index in [9.17, 15) is 0 Å². The Morgan fingerprint density at radius 2 is 1.78 bits per heavy atom. The van der Waals surface area contributed by atoms with Crippen molar-refractivity contribution in [3.8, 4) is 0 Å². The van der Waals surface area contributed by atoms with E-state index in [-0.39, 0.29) is 0 Å². The highest BCUT2D eigenvalue weighted by molar-refractivity contribution is 7.81. The van der Waals surface area contributed by atoms with Crippen LogP contribution in [0.3, 0.4) is 0 Å². The molecule has 0 spiro atoms. The first-order chi connectivity index (χ1) is 8.36. The first kappa shape index (κ1) is 12.8. The van der Waals surface area contributed by atoms with E-state index < -0.39 is 0 Å². The number of amidine groups is 1. The maximum absolute atomic E-state index is 5.84. The number of rotatable bonds is 3. The zero-order chi connectivity index (χ0) is 13.0. The number of aliphatic imine (C=N–C) groups is 1. The third-order valence-electron chi connectivity index (χ3n) is 5.52. The van der Waals surface area contributed by atoms with Crippen LogP contribution in [0, 0.1) is 22.2 Å². The molecule has 4 aliphatic rings. The van der Waals surface area contributed by atoms with Gasteiger partial charge in [0.1, 0.15) is 5.84 Å². The predicted molar refractivity (Wildman–Crippen MR) is 80.2 cm³/mol. The number of nitrogens with zero attached hydrogens (tertiary/aromatic N) is 1.